The van der Waals surface area contributed by atoms with Crippen LogP contribution in [0.15, 0.2) is 0 Å². The summed E-state index contributed by atoms with van der Waals surface area (Å²) in [4.78, 5) is 9.63. The summed E-state index contributed by atoms with van der Waals surface area (Å²) in [5, 5.41) is 0. The van der Waals surface area contributed by atoms with Crippen molar-refractivity contribution in [3.8, 4) is 0 Å². The minimum Gasteiger partial charge on any atom is -0.340 e. The number of hydrogen-bond acceptors (Lipinski definition) is 1. The van der Waals surface area contributed by atoms with Gasteiger partial charge in [0.15, 0.2) is 0 Å². The van der Waals surface area contributed by atoms with Crippen LogP contribution in [0.3, 0.4) is 0 Å². The van der Waals surface area contributed by atoms with Gasteiger partial charge < -0.3 is 4.79 Å². The van der Waals surface area contributed by atoms with Crippen molar-refractivity contribution in [3.05, 3.63) is 0 Å². The van der Waals surface area contributed by atoms with Crippen LogP contribution in [0.5, 0.6) is 0 Å². The molecule has 0 N–H and O–H groups in total. The van der Waals surface area contributed by atoms with Crippen LogP contribution in [-0.4, -0.2) is 24.8 Å². The van der Waals surface area contributed by atoms with Gasteiger partial charge in [0, 0.05) is 0 Å². The SMILES string of the molecule is CC[CH2][Mg][CH]=O. The Bertz CT molecular complexity index is 36.5. The molecule has 1 nitrogen and oxygen atoms in total. The highest BCUT2D eigenvalue weighted by Gasteiger charge is 1.85. The van der Waals surface area contributed by atoms with Gasteiger partial charge in [0.25, 0.3) is 0 Å². The van der Waals surface area contributed by atoms with Crippen LogP contribution in [0.2, 0.25) is 4.55 Å². The quantitative estimate of drug-likeness (QED) is 0.287. The second-order valence-electron chi connectivity index (χ2n) is 1.31. The van der Waals surface area contributed by atoms with Crippen LogP contribution in [-0.2, 0) is 4.79 Å². The highest BCUT2D eigenvalue weighted by molar-refractivity contribution is 6.66. The van der Waals surface area contributed by atoms with Crippen LogP contribution in [0, 0.1) is 0 Å². The fourth-order valence-corrected chi connectivity index (χ4v) is 0.862. The second-order valence-corrected chi connectivity index (χ2v) is 2.93. The van der Waals surface area contributed by atoms with Crippen LogP contribution in [0.4, 0.5) is 0 Å². The average Bonchev–Trinajstić information content (AvgIpc) is 1.61. The van der Waals surface area contributed by atoms with E-state index in [1.807, 2.05) is 0 Å². The molecule has 0 radical (unpaired) electrons. The van der Waals surface area contributed by atoms with E-state index in [1.165, 1.54) is 11.0 Å². The molecule has 0 rings (SSSR count). The lowest BCUT2D eigenvalue weighted by Crippen LogP contribution is -1.86. The molecule has 0 atom stereocenters. The van der Waals surface area contributed by atoms with Gasteiger partial charge in [-0.05, 0) is 4.42 Å². The van der Waals surface area contributed by atoms with Crippen LogP contribution < -0.4 is 0 Å². The van der Waals surface area contributed by atoms with Crippen molar-refractivity contribution in [3.63, 3.8) is 0 Å². The molecule has 0 fully saturated rings. The Hall–Kier alpha value is 0.436. The third kappa shape index (κ3) is 4.44. The Morgan fingerprint density at radius 3 is 2.67 bits per heavy atom. The lowest BCUT2D eigenvalue weighted by Gasteiger charge is -1.74. The maximum Gasteiger partial charge on any atom is 0.462 e. The highest BCUT2D eigenvalue weighted by atomic mass is 24.5. The van der Waals surface area contributed by atoms with Gasteiger partial charge in [-0.25, -0.2) is 0 Å². The Morgan fingerprint density at radius 2 is 2.50 bits per heavy atom. The van der Waals surface area contributed by atoms with E-state index in [0.717, 1.165) is 4.42 Å². The van der Waals surface area contributed by atoms with Gasteiger partial charge in [-0.2, -0.15) is 0 Å². The van der Waals surface area contributed by atoms with Crippen molar-refractivity contribution in [1.29, 1.82) is 0 Å². The second kappa shape index (κ2) is 5.44. The zero-order chi connectivity index (χ0) is 4.83. The molecular weight excluding hydrogens is 88.3 g/mol. The molecule has 0 aliphatic carbocycles. The predicted molar refractivity (Wildman–Crippen MR) is 27.6 cm³/mol. The minimum atomic E-state index is -0.259. The van der Waals surface area contributed by atoms with Crippen molar-refractivity contribution < 1.29 is 4.79 Å². The Labute approximate surface area is 47.8 Å². The van der Waals surface area contributed by atoms with Crippen LogP contribution in [0.1, 0.15) is 13.3 Å². The molecule has 0 aliphatic rings. The summed E-state index contributed by atoms with van der Waals surface area (Å²) in [6.07, 6.45) is 1.19. The van der Waals surface area contributed by atoms with Gasteiger partial charge in [0.2, 0.25) is 0 Å². The van der Waals surface area contributed by atoms with E-state index in [1.54, 1.807) is 0 Å². The molecular formula is C4H8MgO. The molecule has 0 aromatic heterocycles. The van der Waals surface area contributed by atoms with E-state index in [4.69, 9.17) is 0 Å². The highest BCUT2D eigenvalue weighted by Crippen LogP contribution is 1.79. The molecule has 0 aromatic carbocycles. The lowest BCUT2D eigenvalue weighted by molar-refractivity contribution is 0.568. The summed E-state index contributed by atoms with van der Waals surface area (Å²) in [7, 11) is 0. The molecule has 0 aliphatic heterocycles. The van der Waals surface area contributed by atoms with Crippen molar-refractivity contribution in [2.75, 3.05) is 0 Å². The van der Waals surface area contributed by atoms with Crippen molar-refractivity contribution in [2.45, 2.75) is 17.9 Å². The van der Waals surface area contributed by atoms with E-state index in [9.17, 15) is 4.79 Å². The van der Waals surface area contributed by atoms with E-state index >= 15 is 0 Å². The van der Waals surface area contributed by atoms with Crippen LogP contribution in [0.25, 0.3) is 0 Å². The lowest BCUT2D eigenvalue weighted by atomic mass is 10.6. The minimum absolute atomic E-state index is 0.259. The van der Waals surface area contributed by atoms with Gasteiger partial charge in [-0.15, -0.1) is 4.55 Å². The summed E-state index contributed by atoms with van der Waals surface area (Å²) in [6.45, 7) is 2.11. The van der Waals surface area contributed by atoms with E-state index < -0.39 is 0 Å². The van der Waals surface area contributed by atoms with E-state index in [0.29, 0.717) is 0 Å². The third-order valence-corrected chi connectivity index (χ3v) is 2.03. The standard InChI is InChI=1S/C3H7.CHO.Mg/c1-3-2;1-2;/h1,3H2,2H3;1H;. The van der Waals surface area contributed by atoms with Gasteiger partial charge in [-0.3, -0.25) is 0 Å². The molecule has 2 heteroatoms. The first-order valence-corrected chi connectivity index (χ1v) is 4.17. The zero-order valence-corrected chi connectivity index (χ0v) is 5.52. The molecule has 0 bridgehead atoms. The first kappa shape index (κ1) is 6.44. The topological polar surface area (TPSA) is 17.1 Å². The number of carbonyl (C=O) groups is 1. The Morgan fingerprint density at radius 1 is 1.83 bits per heavy atom. The van der Waals surface area contributed by atoms with Crippen molar-refractivity contribution in [2.24, 2.45) is 0 Å². The smallest absolute Gasteiger partial charge is 0.340 e. The summed E-state index contributed by atoms with van der Waals surface area (Å²) in [6, 6.07) is 0. The fraction of sp³-hybridized carbons (Fsp3) is 0.750. The normalized spacial score (nSPS) is 6.83. The predicted octanol–water partition coefficient (Wildman–Crippen LogP) is 0.709. The average molecular weight is 96.4 g/mol. The summed E-state index contributed by atoms with van der Waals surface area (Å²) < 4.78 is 2.28. The monoisotopic (exact) mass is 96.0 g/mol. The Balaban J connectivity index is 2.49. The molecule has 32 valence electrons. The maximum atomic E-state index is 9.63. The van der Waals surface area contributed by atoms with Crippen molar-refractivity contribution in [1.82, 2.24) is 0 Å². The van der Waals surface area contributed by atoms with Gasteiger partial charge in [0.1, 0.15) is 0 Å². The molecule has 0 saturated carbocycles. The summed E-state index contributed by atoms with van der Waals surface area (Å²) in [5.41, 5.74) is 0. The number of rotatable bonds is 3. The largest absolute Gasteiger partial charge is 0.462 e. The molecule has 0 spiro atoms. The third-order valence-electron chi connectivity index (χ3n) is 0.676. The summed E-state index contributed by atoms with van der Waals surface area (Å²) >= 11 is -0.259. The Kier molecular flexibility index (Phi) is 5.83. The van der Waals surface area contributed by atoms with Crippen LogP contribution >= 0.6 is 0 Å². The number of hydrogen-bond donors (Lipinski definition) is 0. The van der Waals surface area contributed by atoms with Crippen molar-refractivity contribution >= 4 is 24.8 Å². The van der Waals surface area contributed by atoms with Gasteiger partial charge in [0.05, 0.1) is 0 Å². The zero-order valence-electron chi connectivity index (χ0n) is 4.11. The molecule has 6 heavy (non-hydrogen) atoms. The maximum absolute atomic E-state index is 9.63. The first-order chi connectivity index (χ1) is 2.91. The van der Waals surface area contributed by atoms with Gasteiger partial charge in [-0.1, -0.05) is 13.3 Å². The molecule has 0 saturated heterocycles. The molecule has 0 aromatic rings. The van der Waals surface area contributed by atoms with Gasteiger partial charge >= 0.3 is 20.4 Å². The summed E-state index contributed by atoms with van der Waals surface area (Å²) in [5.74, 6) is 0. The first-order valence-electron chi connectivity index (χ1n) is 2.35. The van der Waals surface area contributed by atoms with E-state index in [2.05, 4.69) is 6.92 Å². The number of carbonyl (C=O) groups excluding carboxylic acids is 1. The fourth-order valence-electron chi connectivity index (χ4n) is 0.287. The molecule has 0 heterocycles. The van der Waals surface area contributed by atoms with E-state index in [-0.39, 0.29) is 20.4 Å². The molecule has 0 unspecified atom stereocenters. The molecule has 0 amide bonds.